The topological polar surface area (TPSA) is 75.7 Å². The molecule has 0 fully saturated rings. The van der Waals surface area contributed by atoms with Crippen LogP contribution in [0.2, 0.25) is 0 Å². The normalized spacial score (nSPS) is 12.7. The Morgan fingerprint density at radius 2 is 1.80 bits per heavy atom. The molecule has 2 heterocycles. The molecular weight excluding hydrogens is 525 g/mol. The lowest BCUT2D eigenvalue weighted by Crippen LogP contribution is -2.43. The number of fused-ring (bicyclic) bond motifs is 2. The van der Waals surface area contributed by atoms with Crippen LogP contribution in [0.5, 0.6) is 11.5 Å². The summed E-state index contributed by atoms with van der Waals surface area (Å²) in [5.41, 5.74) is -1.07. The maximum absolute atomic E-state index is 13.3. The molecule has 0 unspecified atom stereocenters. The minimum Gasteiger partial charge on any atom is -0.493 e. The second-order valence-electron chi connectivity index (χ2n) is 11.2. The second-order valence-corrected chi connectivity index (χ2v) is 11.2. The molecule has 0 saturated heterocycles. The van der Waals surface area contributed by atoms with Gasteiger partial charge in [-0.25, -0.2) is 4.79 Å². The van der Waals surface area contributed by atoms with Crippen LogP contribution in [0, 0.1) is 0 Å². The van der Waals surface area contributed by atoms with Crippen molar-refractivity contribution in [2.75, 3.05) is 6.61 Å². The van der Waals surface area contributed by atoms with E-state index in [4.69, 9.17) is 18.7 Å². The summed E-state index contributed by atoms with van der Waals surface area (Å²) in [5, 5.41) is 4.17. The van der Waals surface area contributed by atoms with Crippen molar-refractivity contribution in [2.24, 2.45) is 0 Å². The highest BCUT2D eigenvalue weighted by molar-refractivity contribution is 5.85. The van der Waals surface area contributed by atoms with Gasteiger partial charge < -0.3 is 23.3 Å². The molecule has 7 nitrogen and oxygen atoms in total. The minimum absolute atomic E-state index is 0.0556. The van der Waals surface area contributed by atoms with Crippen LogP contribution in [0.4, 0.5) is 13.2 Å². The number of aryl methyl sites for hydroxylation is 2. The summed E-state index contributed by atoms with van der Waals surface area (Å²) in [7, 11) is 0. The van der Waals surface area contributed by atoms with Crippen molar-refractivity contribution in [3.63, 3.8) is 0 Å². The quantitative estimate of drug-likeness (QED) is 0.146. The lowest BCUT2D eigenvalue weighted by atomic mass is 10.0. The van der Waals surface area contributed by atoms with E-state index in [-0.39, 0.29) is 11.0 Å². The summed E-state index contributed by atoms with van der Waals surface area (Å²) in [6, 6.07) is 10.5. The Bertz CT molecular complexity index is 1500. The number of carbonyl (C=O) groups excluding carboxylic acids is 1. The molecule has 0 aliphatic carbocycles. The van der Waals surface area contributed by atoms with Gasteiger partial charge in [0.1, 0.15) is 17.1 Å². The van der Waals surface area contributed by atoms with Crippen LogP contribution in [0.25, 0.3) is 21.9 Å². The number of esters is 1. The van der Waals surface area contributed by atoms with E-state index in [0.717, 1.165) is 10.9 Å². The number of carbonyl (C=O) groups is 1. The van der Waals surface area contributed by atoms with E-state index < -0.39 is 29.0 Å². The number of aromatic nitrogens is 2. The molecule has 2 aromatic heterocycles. The molecule has 2 aromatic carbocycles. The molecule has 0 spiro atoms. The molecule has 4 aromatic rings. The van der Waals surface area contributed by atoms with Crippen LogP contribution >= 0.6 is 0 Å². The first-order valence-corrected chi connectivity index (χ1v) is 13.3. The first-order valence-electron chi connectivity index (χ1n) is 13.3. The van der Waals surface area contributed by atoms with E-state index in [9.17, 15) is 18.0 Å². The van der Waals surface area contributed by atoms with Crippen molar-refractivity contribution >= 4 is 27.8 Å². The lowest BCUT2D eigenvalue weighted by Gasteiger charge is -2.29. The third kappa shape index (κ3) is 6.54. The molecule has 0 radical (unpaired) electrons. The summed E-state index contributed by atoms with van der Waals surface area (Å²) in [5.74, 6) is 0.623. The van der Waals surface area contributed by atoms with Gasteiger partial charge in [0.05, 0.1) is 12.0 Å². The Hall–Kier alpha value is -3.69. The molecule has 0 aliphatic heterocycles. The average Bonchev–Trinajstić information content (AvgIpc) is 3.46. The number of nitrogens with zero attached hydrogens (tertiary/aromatic N) is 2. The Balaban J connectivity index is 1.40. The van der Waals surface area contributed by atoms with E-state index in [1.807, 2.05) is 58.2 Å². The predicted octanol–water partition coefficient (Wildman–Crippen LogP) is 7.72. The predicted molar refractivity (Wildman–Crippen MR) is 146 cm³/mol. The monoisotopic (exact) mass is 560 g/mol. The number of hydrogen-bond donors (Lipinski definition) is 0. The summed E-state index contributed by atoms with van der Waals surface area (Å²) in [6.45, 7) is 11.8. The van der Waals surface area contributed by atoms with Crippen molar-refractivity contribution in [3.8, 4) is 11.5 Å². The molecule has 4 rings (SSSR count). The van der Waals surface area contributed by atoms with Gasteiger partial charge in [0.2, 0.25) is 0 Å². The second kappa shape index (κ2) is 11.1. The Labute approximate surface area is 231 Å². The highest BCUT2D eigenvalue weighted by Gasteiger charge is 2.38. The number of rotatable bonds is 10. The van der Waals surface area contributed by atoms with E-state index >= 15 is 0 Å². The minimum atomic E-state index is -4.59. The zero-order chi connectivity index (χ0) is 29.3. The van der Waals surface area contributed by atoms with Gasteiger partial charge in [-0.15, -0.1) is 0 Å². The van der Waals surface area contributed by atoms with Crippen LogP contribution in [-0.2, 0) is 28.7 Å². The smallest absolute Gasteiger partial charge is 0.437 e. The van der Waals surface area contributed by atoms with Gasteiger partial charge in [-0.1, -0.05) is 18.5 Å². The Morgan fingerprint density at radius 3 is 2.48 bits per heavy atom. The molecule has 0 bridgehead atoms. The largest absolute Gasteiger partial charge is 0.493 e. The number of hydrogen-bond acceptors (Lipinski definition) is 6. The van der Waals surface area contributed by atoms with Crippen LogP contribution in [0.3, 0.4) is 0 Å². The van der Waals surface area contributed by atoms with Crippen LogP contribution in [0.1, 0.15) is 65.6 Å². The van der Waals surface area contributed by atoms with Gasteiger partial charge in [0.25, 0.3) is 0 Å². The molecule has 216 valence electrons. The lowest BCUT2D eigenvalue weighted by molar-refractivity contribution is -0.170. The van der Waals surface area contributed by atoms with Crippen LogP contribution in [0.15, 0.2) is 47.1 Å². The molecule has 0 amide bonds. The van der Waals surface area contributed by atoms with Crippen LogP contribution < -0.4 is 9.47 Å². The Morgan fingerprint density at radius 1 is 1.05 bits per heavy atom. The van der Waals surface area contributed by atoms with E-state index in [0.29, 0.717) is 49.5 Å². The summed E-state index contributed by atoms with van der Waals surface area (Å²) < 4.78 is 64.4. The first-order chi connectivity index (χ1) is 18.7. The number of ether oxygens (including phenoxy) is 3. The average molecular weight is 561 g/mol. The summed E-state index contributed by atoms with van der Waals surface area (Å²) >= 11 is 0. The fourth-order valence-corrected chi connectivity index (χ4v) is 4.46. The van der Waals surface area contributed by atoms with E-state index in [1.165, 1.54) is 6.07 Å². The summed E-state index contributed by atoms with van der Waals surface area (Å²) in [6.07, 6.45) is -0.724. The van der Waals surface area contributed by atoms with Gasteiger partial charge in [-0.2, -0.15) is 13.2 Å². The molecular formula is C30H35F3N2O5. The van der Waals surface area contributed by atoms with Crippen LogP contribution in [-0.4, -0.2) is 33.5 Å². The van der Waals surface area contributed by atoms with Gasteiger partial charge >= 0.3 is 12.1 Å². The third-order valence-corrected chi connectivity index (χ3v) is 6.28. The van der Waals surface area contributed by atoms with Gasteiger partial charge in [-0.05, 0) is 83.9 Å². The van der Waals surface area contributed by atoms with Crippen molar-refractivity contribution in [2.45, 2.75) is 84.7 Å². The Kier molecular flexibility index (Phi) is 8.10. The van der Waals surface area contributed by atoms with Crippen molar-refractivity contribution < 1.29 is 36.7 Å². The maximum Gasteiger partial charge on any atom is 0.437 e. The van der Waals surface area contributed by atoms with Crippen molar-refractivity contribution in [3.05, 3.63) is 53.9 Å². The molecule has 0 N–H and O–H groups in total. The highest BCUT2D eigenvalue weighted by Crippen LogP contribution is 2.38. The molecule has 0 saturated carbocycles. The standard InChI is InChI=1S/C30H35F3N2O5/c1-7-9-21-24(13-11-22-25(21)40-34-26(22)30(31,32)33)37-17-8-15-35-16-14-19-18-20(10-12-23(19)35)38-29(5,6)27(36)39-28(2,3)4/h10-14,16,18H,7-9,15,17H2,1-6H3. The van der Waals surface area contributed by atoms with Crippen molar-refractivity contribution in [1.29, 1.82) is 0 Å². The molecule has 40 heavy (non-hydrogen) atoms. The van der Waals surface area contributed by atoms with Gasteiger partial charge in [-0.3, -0.25) is 0 Å². The zero-order valence-corrected chi connectivity index (χ0v) is 23.6. The molecule has 0 aliphatic rings. The van der Waals surface area contributed by atoms with E-state index in [1.54, 1.807) is 19.9 Å². The fraction of sp³-hybridized carbons (Fsp3) is 0.467. The molecule has 0 atom stereocenters. The zero-order valence-electron chi connectivity index (χ0n) is 23.6. The number of alkyl halides is 3. The van der Waals surface area contributed by atoms with E-state index in [2.05, 4.69) is 9.72 Å². The number of benzene rings is 2. The maximum atomic E-state index is 13.3. The third-order valence-electron chi connectivity index (χ3n) is 6.28. The van der Waals surface area contributed by atoms with Gasteiger partial charge in [0, 0.05) is 29.2 Å². The van der Waals surface area contributed by atoms with Gasteiger partial charge in [0.15, 0.2) is 16.9 Å². The highest BCUT2D eigenvalue weighted by atomic mass is 19.4. The SMILES string of the molecule is CCCc1c(OCCCn2ccc3cc(OC(C)(C)C(=O)OC(C)(C)C)ccc32)ccc2c(C(F)(F)F)noc12. The van der Waals surface area contributed by atoms with Crippen molar-refractivity contribution in [1.82, 2.24) is 9.72 Å². The number of halogens is 3. The first kappa shape index (κ1) is 29.3. The fourth-order valence-electron chi connectivity index (χ4n) is 4.46. The molecule has 10 heteroatoms. The summed E-state index contributed by atoms with van der Waals surface area (Å²) in [4.78, 5) is 12.5.